The van der Waals surface area contributed by atoms with Crippen LogP contribution in [0.2, 0.25) is 0 Å². The lowest BCUT2D eigenvalue weighted by atomic mass is 10.0. The van der Waals surface area contributed by atoms with E-state index in [1.807, 2.05) is 4.90 Å². The molecule has 0 saturated carbocycles. The summed E-state index contributed by atoms with van der Waals surface area (Å²) in [5, 5.41) is 13.8. The van der Waals surface area contributed by atoms with E-state index in [1.165, 1.54) is 7.11 Å². The number of aliphatic hydroxyl groups is 1. The van der Waals surface area contributed by atoms with Crippen LogP contribution < -0.4 is 0 Å². The Morgan fingerprint density at radius 2 is 2.26 bits per heavy atom. The molecule has 0 amide bonds. The molecule has 1 aromatic heterocycles. The molecule has 1 aromatic carbocycles. The molecule has 6 nitrogen and oxygen atoms in total. The summed E-state index contributed by atoms with van der Waals surface area (Å²) in [6.45, 7) is 0.803. The maximum Gasteiger partial charge on any atom is 0.252 e. The number of benzene rings is 1. The van der Waals surface area contributed by atoms with Crippen LogP contribution in [0, 0.1) is 11.6 Å². The summed E-state index contributed by atoms with van der Waals surface area (Å²) < 4.78 is 37.4. The van der Waals surface area contributed by atoms with Crippen molar-refractivity contribution in [2.45, 2.75) is 31.7 Å². The number of likely N-dealkylation sites (tertiary alicyclic amines) is 1. The fourth-order valence-electron chi connectivity index (χ4n) is 2.87. The standard InChI is InChI=1S/C15H17F2N3O3/c1-22-8-15-18-14(19-23-15)7-20-6-10(21)5-13(20)11-4-9(16)2-3-12(11)17/h2-4,10,13,21H,5-8H2,1H3/t10-,13-/m1/s1. The highest BCUT2D eigenvalue weighted by atomic mass is 19.1. The van der Waals surface area contributed by atoms with E-state index in [4.69, 9.17) is 9.26 Å². The predicted octanol–water partition coefficient (Wildman–Crippen LogP) is 1.80. The minimum absolute atomic E-state index is 0.206. The van der Waals surface area contributed by atoms with E-state index in [-0.39, 0.29) is 18.7 Å². The maximum atomic E-state index is 14.0. The molecule has 1 fully saturated rings. The summed E-state index contributed by atoms with van der Waals surface area (Å²) in [5.41, 5.74) is 0.224. The molecule has 2 aromatic rings. The lowest BCUT2D eigenvalue weighted by Gasteiger charge is -2.23. The number of aromatic nitrogens is 2. The van der Waals surface area contributed by atoms with Gasteiger partial charge in [0.15, 0.2) is 5.82 Å². The van der Waals surface area contributed by atoms with E-state index in [0.717, 1.165) is 18.2 Å². The van der Waals surface area contributed by atoms with Crippen molar-refractivity contribution in [3.05, 3.63) is 47.1 Å². The van der Waals surface area contributed by atoms with E-state index < -0.39 is 23.8 Å². The highest BCUT2D eigenvalue weighted by molar-refractivity contribution is 5.24. The van der Waals surface area contributed by atoms with Gasteiger partial charge >= 0.3 is 0 Å². The first-order chi connectivity index (χ1) is 11.1. The van der Waals surface area contributed by atoms with E-state index in [1.54, 1.807) is 0 Å². The van der Waals surface area contributed by atoms with Crippen molar-refractivity contribution in [3.63, 3.8) is 0 Å². The Bertz CT molecular complexity index is 680. The molecule has 23 heavy (non-hydrogen) atoms. The molecule has 0 radical (unpaired) electrons. The van der Waals surface area contributed by atoms with Crippen molar-refractivity contribution in [1.82, 2.24) is 15.0 Å². The Kier molecular flexibility index (Phi) is 4.65. The zero-order valence-electron chi connectivity index (χ0n) is 12.6. The number of nitrogens with zero attached hydrogens (tertiary/aromatic N) is 3. The number of β-amino-alcohol motifs (C(OH)–C–C–N with tert-alkyl or cyclic N) is 1. The number of hydrogen-bond donors (Lipinski definition) is 1. The van der Waals surface area contributed by atoms with Crippen LogP contribution in [-0.2, 0) is 17.9 Å². The second kappa shape index (κ2) is 6.69. The molecule has 1 aliphatic heterocycles. The van der Waals surface area contributed by atoms with Gasteiger partial charge in [-0.1, -0.05) is 5.16 Å². The molecule has 3 rings (SSSR count). The summed E-state index contributed by atoms with van der Waals surface area (Å²) in [4.78, 5) is 5.97. The van der Waals surface area contributed by atoms with E-state index >= 15 is 0 Å². The topological polar surface area (TPSA) is 71.6 Å². The molecule has 1 aliphatic rings. The van der Waals surface area contributed by atoms with E-state index in [2.05, 4.69) is 10.1 Å². The quantitative estimate of drug-likeness (QED) is 0.904. The van der Waals surface area contributed by atoms with Gasteiger partial charge in [0, 0.05) is 25.3 Å². The zero-order valence-corrected chi connectivity index (χ0v) is 12.6. The van der Waals surface area contributed by atoms with Crippen molar-refractivity contribution >= 4 is 0 Å². The van der Waals surface area contributed by atoms with Gasteiger partial charge in [0.2, 0.25) is 0 Å². The minimum Gasteiger partial charge on any atom is -0.392 e. The van der Waals surface area contributed by atoms with Crippen molar-refractivity contribution in [2.24, 2.45) is 0 Å². The lowest BCUT2D eigenvalue weighted by molar-refractivity contribution is 0.151. The molecule has 0 unspecified atom stereocenters. The van der Waals surface area contributed by atoms with Gasteiger partial charge < -0.3 is 14.4 Å². The average Bonchev–Trinajstić information content (AvgIpc) is 3.09. The molecular weight excluding hydrogens is 308 g/mol. The number of aliphatic hydroxyl groups excluding tert-OH is 1. The fraction of sp³-hybridized carbons (Fsp3) is 0.467. The van der Waals surface area contributed by atoms with Gasteiger partial charge in [0.1, 0.15) is 18.2 Å². The Balaban J connectivity index is 1.80. The third-order valence-electron chi connectivity index (χ3n) is 3.82. The van der Waals surface area contributed by atoms with Crippen LogP contribution in [0.25, 0.3) is 0 Å². The van der Waals surface area contributed by atoms with Crippen LogP contribution in [0.4, 0.5) is 8.78 Å². The second-order valence-corrected chi connectivity index (χ2v) is 5.54. The predicted molar refractivity (Wildman–Crippen MR) is 75.1 cm³/mol. The van der Waals surface area contributed by atoms with Crippen molar-refractivity contribution < 1.29 is 23.1 Å². The minimum atomic E-state index is -0.618. The van der Waals surface area contributed by atoms with E-state index in [9.17, 15) is 13.9 Å². The van der Waals surface area contributed by atoms with Crippen LogP contribution in [-0.4, -0.2) is 39.9 Å². The van der Waals surface area contributed by atoms with Gasteiger partial charge in [-0.15, -0.1) is 0 Å². The molecule has 0 spiro atoms. The summed E-state index contributed by atoms with van der Waals surface area (Å²) >= 11 is 0. The number of halogens is 2. The average molecular weight is 325 g/mol. The highest BCUT2D eigenvalue weighted by Gasteiger charge is 2.34. The van der Waals surface area contributed by atoms with Crippen molar-refractivity contribution in [2.75, 3.05) is 13.7 Å². The normalized spacial score (nSPS) is 21.9. The SMILES string of the molecule is COCc1nc(CN2C[C@H](O)C[C@@H]2c2cc(F)ccc2F)no1. The van der Waals surface area contributed by atoms with Crippen LogP contribution >= 0.6 is 0 Å². The Morgan fingerprint density at radius 1 is 1.43 bits per heavy atom. The summed E-state index contributed by atoms with van der Waals surface area (Å²) in [6.07, 6.45) is -0.295. The molecule has 0 bridgehead atoms. The number of rotatable bonds is 5. The van der Waals surface area contributed by atoms with Crippen LogP contribution in [0.5, 0.6) is 0 Å². The van der Waals surface area contributed by atoms with Crippen molar-refractivity contribution in [1.29, 1.82) is 0 Å². The highest BCUT2D eigenvalue weighted by Crippen LogP contribution is 2.34. The van der Waals surface area contributed by atoms with Gasteiger partial charge in [0.05, 0.1) is 12.6 Å². The largest absolute Gasteiger partial charge is 0.392 e. The molecule has 1 saturated heterocycles. The van der Waals surface area contributed by atoms with Crippen molar-refractivity contribution in [3.8, 4) is 0 Å². The van der Waals surface area contributed by atoms with Crippen LogP contribution in [0.1, 0.15) is 29.7 Å². The fourth-order valence-corrected chi connectivity index (χ4v) is 2.87. The molecule has 124 valence electrons. The number of methoxy groups -OCH3 is 1. The Morgan fingerprint density at radius 3 is 3.04 bits per heavy atom. The second-order valence-electron chi connectivity index (χ2n) is 5.54. The monoisotopic (exact) mass is 325 g/mol. The van der Waals surface area contributed by atoms with Gasteiger partial charge in [-0.2, -0.15) is 4.98 Å². The van der Waals surface area contributed by atoms with Gasteiger partial charge in [0.25, 0.3) is 5.89 Å². The smallest absolute Gasteiger partial charge is 0.252 e. The number of ether oxygens (including phenoxy) is 1. The van der Waals surface area contributed by atoms with Crippen LogP contribution in [0.15, 0.2) is 22.7 Å². The van der Waals surface area contributed by atoms with Gasteiger partial charge in [-0.05, 0) is 24.6 Å². The third-order valence-corrected chi connectivity index (χ3v) is 3.82. The first-order valence-corrected chi connectivity index (χ1v) is 7.24. The molecule has 2 atom stereocenters. The Labute approximate surface area is 131 Å². The molecule has 8 heteroatoms. The first kappa shape index (κ1) is 16.0. The summed E-state index contributed by atoms with van der Waals surface area (Å²) in [6, 6.07) is 2.89. The van der Waals surface area contributed by atoms with E-state index in [0.29, 0.717) is 24.7 Å². The summed E-state index contributed by atoms with van der Waals surface area (Å²) in [5.74, 6) is -0.253. The van der Waals surface area contributed by atoms with Gasteiger partial charge in [-0.25, -0.2) is 8.78 Å². The van der Waals surface area contributed by atoms with Crippen LogP contribution in [0.3, 0.4) is 0 Å². The molecule has 0 aliphatic carbocycles. The number of hydrogen-bond acceptors (Lipinski definition) is 6. The third kappa shape index (κ3) is 3.54. The maximum absolute atomic E-state index is 14.0. The molecule has 1 N–H and O–H groups in total. The zero-order chi connectivity index (χ0) is 16.4. The molecule has 2 heterocycles. The van der Waals surface area contributed by atoms with Gasteiger partial charge in [-0.3, -0.25) is 4.90 Å². The first-order valence-electron chi connectivity index (χ1n) is 7.24. The molecular formula is C15H17F2N3O3. The lowest BCUT2D eigenvalue weighted by Crippen LogP contribution is -2.25. The summed E-state index contributed by atoms with van der Waals surface area (Å²) in [7, 11) is 1.52. The Hall–Kier alpha value is -1.90.